The van der Waals surface area contributed by atoms with Gasteiger partial charge in [-0.25, -0.2) is 4.79 Å². The van der Waals surface area contributed by atoms with Crippen LogP contribution in [0.25, 0.3) is 0 Å². The van der Waals surface area contributed by atoms with Crippen LogP contribution in [-0.2, 0) is 9.53 Å². The van der Waals surface area contributed by atoms with Crippen molar-refractivity contribution in [2.75, 3.05) is 13.2 Å². The molecule has 4 nitrogen and oxygen atoms in total. The molecule has 1 aromatic carbocycles. The van der Waals surface area contributed by atoms with Crippen LogP contribution in [0.2, 0.25) is 0 Å². The summed E-state index contributed by atoms with van der Waals surface area (Å²) in [6, 6.07) is 4.67. The summed E-state index contributed by atoms with van der Waals surface area (Å²) >= 11 is 0. The van der Waals surface area contributed by atoms with E-state index < -0.39 is 6.04 Å². The van der Waals surface area contributed by atoms with Crippen molar-refractivity contribution in [3.63, 3.8) is 0 Å². The van der Waals surface area contributed by atoms with Crippen molar-refractivity contribution in [2.45, 2.75) is 33.2 Å². The summed E-state index contributed by atoms with van der Waals surface area (Å²) < 4.78 is 5.03. The fourth-order valence-electron chi connectivity index (χ4n) is 1.73. The van der Waals surface area contributed by atoms with Gasteiger partial charge in [0.15, 0.2) is 0 Å². The van der Waals surface area contributed by atoms with Gasteiger partial charge in [-0.05, 0) is 38.4 Å². The third-order valence-corrected chi connectivity index (χ3v) is 2.62. The fourth-order valence-corrected chi connectivity index (χ4v) is 1.73. The average Bonchev–Trinajstić information content (AvgIpc) is 2.32. The molecule has 0 spiro atoms. The number of aryl methyl sites for hydroxylation is 1. The smallest absolute Gasteiger partial charge is 0.327 e. The number of aromatic hydroxyl groups is 1. The normalized spacial score (nSPS) is 12.2. The first-order valence-corrected chi connectivity index (χ1v) is 6.29. The zero-order valence-corrected chi connectivity index (χ0v) is 11.2. The number of esters is 1. The third kappa shape index (κ3) is 3.74. The molecule has 0 amide bonds. The van der Waals surface area contributed by atoms with E-state index in [1.54, 1.807) is 19.1 Å². The van der Waals surface area contributed by atoms with E-state index in [-0.39, 0.29) is 11.7 Å². The summed E-state index contributed by atoms with van der Waals surface area (Å²) in [6.07, 6.45) is 0.905. The molecule has 100 valence electrons. The van der Waals surface area contributed by atoms with Crippen LogP contribution in [0, 0.1) is 6.92 Å². The molecular formula is C14H21NO3. The molecule has 0 aliphatic carbocycles. The molecule has 0 aliphatic rings. The Morgan fingerprint density at radius 2 is 2.17 bits per heavy atom. The molecule has 1 aromatic rings. The molecule has 18 heavy (non-hydrogen) atoms. The lowest BCUT2D eigenvalue weighted by Crippen LogP contribution is -2.30. The fraction of sp³-hybridized carbons (Fsp3) is 0.500. The van der Waals surface area contributed by atoms with Crippen molar-refractivity contribution in [2.24, 2.45) is 0 Å². The number of nitrogens with one attached hydrogen (secondary N) is 1. The molecule has 0 aliphatic heterocycles. The monoisotopic (exact) mass is 251 g/mol. The highest BCUT2D eigenvalue weighted by Crippen LogP contribution is 2.26. The summed E-state index contributed by atoms with van der Waals surface area (Å²) in [5, 5.41) is 13.0. The minimum Gasteiger partial charge on any atom is -0.508 e. The number of hydrogen-bond acceptors (Lipinski definition) is 4. The van der Waals surface area contributed by atoms with E-state index in [1.165, 1.54) is 0 Å². The summed E-state index contributed by atoms with van der Waals surface area (Å²) in [5.74, 6) is -0.234. The van der Waals surface area contributed by atoms with Gasteiger partial charge in [-0.3, -0.25) is 0 Å². The van der Waals surface area contributed by atoms with Crippen LogP contribution in [0.4, 0.5) is 0 Å². The van der Waals surface area contributed by atoms with Crippen LogP contribution in [0.1, 0.15) is 37.4 Å². The van der Waals surface area contributed by atoms with Gasteiger partial charge in [0.05, 0.1) is 6.61 Å². The minimum absolute atomic E-state index is 0.122. The molecular weight excluding hydrogens is 230 g/mol. The van der Waals surface area contributed by atoms with Crippen LogP contribution < -0.4 is 5.32 Å². The Balaban J connectivity index is 2.97. The number of rotatable bonds is 6. The van der Waals surface area contributed by atoms with Crippen molar-refractivity contribution in [3.05, 3.63) is 29.3 Å². The van der Waals surface area contributed by atoms with E-state index in [4.69, 9.17) is 4.74 Å². The SMILES string of the molecule is CCCNC(C(=O)OCC)c1ccc(C)cc1O. The van der Waals surface area contributed by atoms with E-state index in [9.17, 15) is 9.90 Å². The largest absolute Gasteiger partial charge is 0.508 e. The lowest BCUT2D eigenvalue weighted by Gasteiger charge is -2.18. The van der Waals surface area contributed by atoms with Crippen molar-refractivity contribution in [3.8, 4) is 5.75 Å². The molecule has 4 heteroatoms. The first-order valence-electron chi connectivity index (χ1n) is 6.29. The maximum Gasteiger partial charge on any atom is 0.327 e. The topological polar surface area (TPSA) is 58.6 Å². The van der Waals surface area contributed by atoms with Crippen molar-refractivity contribution in [1.29, 1.82) is 0 Å². The molecule has 1 rings (SSSR count). The van der Waals surface area contributed by atoms with Gasteiger partial charge in [-0.2, -0.15) is 0 Å². The zero-order chi connectivity index (χ0) is 13.5. The maximum absolute atomic E-state index is 11.9. The number of hydrogen-bond donors (Lipinski definition) is 2. The number of phenols is 1. The van der Waals surface area contributed by atoms with Gasteiger partial charge < -0.3 is 15.2 Å². The number of phenolic OH excluding ortho intramolecular Hbond substituents is 1. The Morgan fingerprint density at radius 1 is 1.44 bits per heavy atom. The number of ether oxygens (including phenoxy) is 1. The first kappa shape index (κ1) is 14.5. The summed E-state index contributed by atoms with van der Waals surface area (Å²) in [6.45, 7) is 6.70. The van der Waals surface area contributed by atoms with Gasteiger partial charge >= 0.3 is 5.97 Å². The predicted octanol–water partition coefficient (Wildman–Crippen LogP) is 2.30. The van der Waals surface area contributed by atoms with Crippen LogP contribution in [0.5, 0.6) is 5.75 Å². The van der Waals surface area contributed by atoms with E-state index in [1.807, 2.05) is 19.9 Å². The molecule has 1 atom stereocenters. The first-order chi connectivity index (χ1) is 8.60. The molecule has 1 unspecified atom stereocenters. The second-order valence-corrected chi connectivity index (χ2v) is 4.20. The van der Waals surface area contributed by atoms with Gasteiger partial charge in [0.25, 0.3) is 0 Å². The third-order valence-electron chi connectivity index (χ3n) is 2.62. The van der Waals surface area contributed by atoms with E-state index >= 15 is 0 Å². The maximum atomic E-state index is 11.9. The lowest BCUT2D eigenvalue weighted by atomic mass is 10.0. The quantitative estimate of drug-likeness (QED) is 0.762. The van der Waals surface area contributed by atoms with Crippen LogP contribution >= 0.6 is 0 Å². The van der Waals surface area contributed by atoms with E-state index in [2.05, 4.69) is 5.32 Å². The molecule has 0 bridgehead atoms. The van der Waals surface area contributed by atoms with Crippen LogP contribution in [-0.4, -0.2) is 24.2 Å². The Hall–Kier alpha value is -1.55. The number of carbonyl (C=O) groups is 1. The Kier molecular flexibility index (Phi) is 5.65. The van der Waals surface area contributed by atoms with Gasteiger partial charge in [-0.15, -0.1) is 0 Å². The van der Waals surface area contributed by atoms with Gasteiger partial charge in [0, 0.05) is 5.56 Å². The molecule has 0 fully saturated rings. The van der Waals surface area contributed by atoms with Crippen molar-refractivity contribution < 1.29 is 14.6 Å². The molecule has 0 saturated carbocycles. The van der Waals surface area contributed by atoms with Crippen molar-refractivity contribution >= 4 is 5.97 Å². The Bertz CT molecular complexity index is 404. The molecule has 0 saturated heterocycles. The van der Waals surface area contributed by atoms with E-state index in [0.717, 1.165) is 12.0 Å². The minimum atomic E-state index is -0.606. The Morgan fingerprint density at radius 3 is 2.72 bits per heavy atom. The second-order valence-electron chi connectivity index (χ2n) is 4.20. The summed E-state index contributed by atoms with van der Waals surface area (Å²) in [7, 11) is 0. The number of benzene rings is 1. The van der Waals surface area contributed by atoms with Gasteiger partial charge in [0.2, 0.25) is 0 Å². The highest BCUT2D eigenvalue weighted by Gasteiger charge is 2.23. The van der Waals surface area contributed by atoms with Crippen molar-refractivity contribution in [1.82, 2.24) is 5.32 Å². The summed E-state index contributed by atoms with van der Waals surface area (Å²) in [4.78, 5) is 11.9. The van der Waals surface area contributed by atoms with Crippen LogP contribution in [0.3, 0.4) is 0 Å². The highest BCUT2D eigenvalue weighted by molar-refractivity contribution is 5.78. The average molecular weight is 251 g/mol. The molecule has 0 heterocycles. The van der Waals surface area contributed by atoms with E-state index in [0.29, 0.717) is 18.7 Å². The lowest BCUT2D eigenvalue weighted by molar-refractivity contribution is -0.145. The van der Waals surface area contributed by atoms with Crippen LogP contribution in [0.15, 0.2) is 18.2 Å². The van der Waals surface area contributed by atoms with Gasteiger partial charge in [0.1, 0.15) is 11.8 Å². The zero-order valence-electron chi connectivity index (χ0n) is 11.2. The summed E-state index contributed by atoms with van der Waals surface area (Å²) in [5.41, 5.74) is 1.52. The second kappa shape index (κ2) is 7.01. The molecule has 2 N–H and O–H groups in total. The van der Waals surface area contributed by atoms with Gasteiger partial charge in [-0.1, -0.05) is 19.1 Å². The Labute approximate surface area is 108 Å². The highest BCUT2D eigenvalue weighted by atomic mass is 16.5. The number of carbonyl (C=O) groups excluding carboxylic acids is 1. The molecule has 0 radical (unpaired) electrons. The standard InChI is InChI=1S/C14H21NO3/c1-4-8-15-13(14(17)18-5-2)11-7-6-10(3)9-12(11)16/h6-7,9,13,15-16H,4-5,8H2,1-3H3. The molecule has 0 aromatic heterocycles. The predicted molar refractivity (Wildman–Crippen MR) is 70.5 cm³/mol.